The second-order valence-electron chi connectivity index (χ2n) is 8.58. The smallest absolute Gasteiger partial charge is 0.321 e. The number of fused-ring (bicyclic) bond motifs is 1. The molecule has 2 heterocycles. The van der Waals surface area contributed by atoms with Crippen molar-refractivity contribution in [2.24, 2.45) is 5.92 Å². The third-order valence-corrected chi connectivity index (χ3v) is 6.50. The number of benzene rings is 2. The summed E-state index contributed by atoms with van der Waals surface area (Å²) >= 11 is 0. The SMILES string of the molecule is COc1ccc(CNC(=O)NC(=O)C2CCN(CCc3c[nH]c4ccccc34)CC2)c(OC)c1. The van der Waals surface area contributed by atoms with Gasteiger partial charge < -0.3 is 24.7 Å². The van der Waals surface area contributed by atoms with E-state index in [1.165, 1.54) is 10.9 Å². The van der Waals surface area contributed by atoms with Crippen LogP contribution in [-0.4, -0.2) is 55.7 Å². The Morgan fingerprint density at radius 3 is 2.62 bits per heavy atom. The molecule has 3 N–H and O–H groups in total. The Morgan fingerprint density at radius 1 is 1.06 bits per heavy atom. The molecule has 0 unspecified atom stereocenters. The summed E-state index contributed by atoms with van der Waals surface area (Å²) in [5.41, 5.74) is 3.28. The van der Waals surface area contributed by atoms with Crippen LogP contribution in [0.15, 0.2) is 48.7 Å². The molecule has 0 aliphatic carbocycles. The number of urea groups is 1. The lowest BCUT2D eigenvalue weighted by Gasteiger charge is -2.31. The van der Waals surface area contributed by atoms with Gasteiger partial charge in [0.15, 0.2) is 0 Å². The van der Waals surface area contributed by atoms with Gasteiger partial charge in [-0.25, -0.2) is 4.79 Å². The highest BCUT2D eigenvalue weighted by Crippen LogP contribution is 2.24. The highest BCUT2D eigenvalue weighted by molar-refractivity contribution is 5.95. The number of carbonyl (C=O) groups excluding carboxylic acids is 2. The monoisotopic (exact) mass is 464 g/mol. The molecule has 0 atom stereocenters. The maximum atomic E-state index is 12.6. The van der Waals surface area contributed by atoms with Gasteiger partial charge >= 0.3 is 6.03 Å². The van der Waals surface area contributed by atoms with Crippen LogP contribution in [0, 0.1) is 5.92 Å². The van der Waals surface area contributed by atoms with E-state index in [0.717, 1.165) is 50.0 Å². The maximum absolute atomic E-state index is 12.6. The summed E-state index contributed by atoms with van der Waals surface area (Å²) < 4.78 is 10.5. The third kappa shape index (κ3) is 5.69. The maximum Gasteiger partial charge on any atom is 0.321 e. The molecule has 1 aromatic heterocycles. The number of rotatable bonds is 8. The van der Waals surface area contributed by atoms with E-state index in [-0.39, 0.29) is 18.4 Å². The first kappa shape index (κ1) is 23.6. The van der Waals surface area contributed by atoms with E-state index < -0.39 is 6.03 Å². The van der Waals surface area contributed by atoms with Crippen LogP contribution < -0.4 is 20.1 Å². The minimum atomic E-state index is -0.496. The molecule has 3 aromatic rings. The molecular formula is C26H32N4O4. The second kappa shape index (κ2) is 11.1. The summed E-state index contributed by atoms with van der Waals surface area (Å²) in [7, 11) is 3.15. The number of aromatic amines is 1. The van der Waals surface area contributed by atoms with Crippen molar-refractivity contribution in [1.29, 1.82) is 0 Å². The van der Waals surface area contributed by atoms with Gasteiger partial charge in [-0.3, -0.25) is 10.1 Å². The van der Waals surface area contributed by atoms with Crippen molar-refractivity contribution in [2.75, 3.05) is 33.9 Å². The van der Waals surface area contributed by atoms with Crippen molar-refractivity contribution in [1.82, 2.24) is 20.5 Å². The molecule has 3 amide bonds. The first-order valence-corrected chi connectivity index (χ1v) is 11.6. The van der Waals surface area contributed by atoms with Crippen LogP contribution in [0.5, 0.6) is 11.5 Å². The van der Waals surface area contributed by atoms with Gasteiger partial charge in [-0.2, -0.15) is 0 Å². The summed E-state index contributed by atoms with van der Waals surface area (Å²) in [4.78, 5) is 30.6. The van der Waals surface area contributed by atoms with Crippen LogP contribution >= 0.6 is 0 Å². The number of aromatic nitrogens is 1. The largest absolute Gasteiger partial charge is 0.497 e. The number of hydrogen-bond donors (Lipinski definition) is 3. The average molecular weight is 465 g/mol. The molecule has 34 heavy (non-hydrogen) atoms. The molecular weight excluding hydrogens is 432 g/mol. The number of nitrogens with zero attached hydrogens (tertiary/aromatic N) is 1. The molecule has 1 aliphatic rings. The molecule has 1 saturated heterocycles. The Bertz CT molecular complexity index is 1130. The lowest BCUT2D eigenvalue weighted by Crippen LogP contribution is -2.45. The predicted molar refractivity (Wildman–Crippen MR) is 131 cm³/mol. The highest BCUT2D eigenvalue weighted by atomic mass is 16.5. The van der Waals surface area contributed by atoms with Crippen molar-refractivity contribution in [3.8, 4) is 11.5 Å². The van der Waals surface area contributed by atoms with Gasteiger partial charge in [-0.1, -0.05) is 18.2 Å². The van der Waals surface area contributed by atoms with Crippen molar-refractivity contribution in [3.63, 3.8) is 0 Å². The number of hydrogen-bond acceptors (Lipinski definition) is 5. The molecule has 0 saturated carbocycles. The van der Waals surface area contributed by atoms with Crippen LogP contribution in [0.4, 0.5) is 4.79 Å². The van der Waals surface area contributed by atoms with Crippen LogP contribution in [0.1, 0.15) is 24.0 Å². The minimum Gasteiger partial charge on any atom is -0.497 e. The molecule has 1 aliphatic heterocycles. The van der Waals surface area contributed by atoms with E-state index in [0.29, 0.717) is 11.5 Å². The Balaban J connectivity index is 1.19. The molecule has 1 fully saturated rings. The lowest BCUT2D eigenvalue weighted by molar-refractivity contribution is -0.125. The third-order valence-electron chi connectivity index (χ3n) is 6.50. The zero-order valence-electron chi connectivity index (χ0n) is 19.7. The topological polar surface area (TPSA) is 95.7 Å². The molecule has 4 rings (SSSR count). The molecule has 0 spiro atoms. The van der Waals surface area contributed by atoms with Crippen molar-refractivity contribution in [2.45, 2.75) is 25.8 Å². The molecule has 8 heteroatoms. The second-order valence-corrected chi connectivity index (χ2v) is 8.58. The zero-order valence-corrected chi connectivity index (χ0v) is 19.7. The number of nitrogens with one attached hydrogen (secondary N) is 3. The fourth-order valence-electron chi connectivity index (χ4n) is 4.47. The fraction of sp³-hybridized carbons (Fsp3) is 0.385. The number of imide groups is 1. The van der Waals surface area contributed by atoms with E-state index in [1.54, 1.807) is 26.4 Å². The Kier molecular flexibility index (Phi) is 7.69. The number of piperidine rings is 1. The summed E-state index contributed by atoms with van der Waals surface area (Å²) in [5.74, 6) is 0.931. The highest BCUT2D eigenvalue weighted by Gasteiger charge is 2.26. The molecule has 0 radical (unpaired) electrons. The fourth-order valence-corrected chi connectivity index (χ4v) is 4.47. The van der Waals surface area contributed by atoms with Crippen molar-refractivity contribution < 1.29 is 19.1 Å². The lowest BCUT2D eigenvalue weighted by atomic mass is 9.95. The van der Waals surface area contributed by atoms with Gasteiger partial charge in [0.25, 0.3) is 0 Å². The van der Waals surface area contributed by atoms with Crippen molar-refractivity contribution >= 4 is 22.8 Å². The average Bonchev–Trinajstić information content (AvgIpc) is 3.29. The molecule has 2 aromatic carbocycles. The Labute approximate surface area is 199 Å². The Morgan fingerprint density at radius 2 is 1.85 bits per heavy atom. The summed E-state index contributed by atoms with van der Waals surface area (Å²) in [5, 5.41) is 6.50. The van der Waals surface area contributed by atoms with Crippen LogP contribution in [0.3, 0.4) is 0 Å². The number of H-pyrrole nitrogens is 1. The van der Waals surface area contributed by atoms with E-state index in [9.17, 15) is 9.59 Å². The molecule has 8 nitrogen and oxygen atoms in total. The standard InChI is InChI=1S/C26H32N4O4/c1-33-21-8-7-20(24(15-21)34-2)17-28-26(32)29-25(31)18-9-12-30(13-10-18)14-11-19-16-27-23-6-4-3-5-22(19)23/h3-8,15-16,18,27H,9-14,17H2,1-2H3,(H2,28,29,31,32). The van der Waals surface area contributed by atoms with E-state index in [1.807, 2.05) is 12.1 Å². The van der Waals surface area contributed by atoms with E-state index in [4.69, 9.17) is 9.47 Å². The number of methoxy groups -OCH3 is 2. The molecule has 0 bridgehead atoms. The van der Waals surface area contributed by atoms with Gasteiger partial charge in [-0.15, -0.1) is 0 Å². The number of ether oxygens (including phenoxy) is 2. The number of likely N-dealkylation sites (tertiary alicyclic amines) is 1. The normalized spacial score (nSPS) is 14.6. The first-order valence-electron chi connectivity index (χ1n) is 11.6. The van der Waals surface area contributed by atoms with Crippen molar-refractivity contribution in [3.05, 3.63) is 59.8 Å². The molecule has 180 valence electrons. The predicted octanol–water partition coefficient (Wildman–Crippen LogP) is 3.47. The van der Waals surface area contributed by atoms with Gasteiger partial charge in [0.05, 0.1) is 14.2 Å². The van der Waals surface area contributed by atoms with Crippen LogP contribution in [0.25, 0.3) is 10.9 Å². The van der Waals surface area contributed by atoms with Gasteiger partial charge in [0, 0.05) is 47.7 Å². The summed E-state index contributed by atoms with van der Waals surface area (Å²) in [6, 6.07) is 13.2. The van der Waals surface area contributed by atoms with Gasteiger partial charge in [0.1, 0.15) is 11.5 Å². The van der Waals surface area contributed by atoms with Gasteiger partial charge in [-0.05, 0) is 56.1 Å². The zero-order chi connectivity index (χ0) is 23.9. The number of amides is 3. The summed E-state index contributed by atoms with van der Waals surface area (Å²) in [6.45, 7) is 2.91. The van der Waals surface area contributed by atoms with E-state index in [2.05, 4.69) is 44.9 Å². The quantitative estimate of drug-likeness (QED) is 0.475. The summed E-state index contributed by atoms with van der Waals surface area (Å²) in [6.07, 6.45) is 4.56. The first-order chi connectivity index (χ1) is 16.6. The number of para-hydroxylation sites is 1. The van der Waals surface area contributed by atoms with Crippen LogP contribution in [-0.2, 0) is 17.8 Å². The van der Waals surface area contributed by atoms with E-state index >= 15 is 0 Å². The number of carbonyl (C=O) groups is 2. The minimum absolute atomic E-state index is 0.148. The Hall–Kier alpha value is -3.52. The van der Waals surface area contributed by atoms with Gasteiger partial charge in [0.2, 0.25) is 5.91 Å². The van der Waals surface area contributed by atoms with Crippen LogP contribution in [0.2, 0.25) is 0 Å².